The predicted molar refractivity (Wildman–Crippen MR) is 83.0 cm³/mol. The summed E-state index contributed by atoms with van der Waals surface area (Å²) in [5, 5.41) is 11.9. The maximum Gasteiger partial charge on any atom is 0.305 e. The molecule has 0 heterocycles. The van der Waals surface area contributed by atoms with Gasteiger partial charge in [0.05, 0.1) is 12.0 Å². The van der Waals surface area contributed by atoms with E-state index in [-0.39, 0.29) is 18.9 Å². The van der Waals surface area contributed by atoms with Crippen molar-refractivity contribution >= 4 is 11.9 Å². The van der Waals surface area contributed by atoms with Crippen molar-refractivity contribution in [3.8, 4) is 5.75 Å². The van der Waals surface area contributed by atoms with Crippen molar-refractivity contribution in [1.29, 1.82) is 0 Å². The first-order valence-electron chi connectivity index (χ1n) is 7.63. The first-order chi connectivity index (χ1) is 10.4. The Balaban J connectivity index is 1.92. The molecule has 1 aliphatic carbocycles. The summed E-state index contributed by atoms with van der Waals surface area (Å²) in [6, 6.07) is 5.78. The zero-order valence-corrected chi connectivity index (χ0v) is 13.1. The number of carbonyl (C=O) groups is 2. The molecule has 2 rings (SSSR count). The number of aliphatic carboxylic acids is 1. The highest BCUT2D eigenvalue weighted by atomic mass is 16.5. The molecule has 1 aliphatic rings. The molecule has 0 unspecified atom stereocenters. The second kappa shape index (κ2) is 6.81. The Morgan fingerprint density at radius 1 is 1.27 bits per heavy atom. The van der Waals surface area contributed by atoms with Crippen LogP contribution in [0.4, 0.5) is 0 Å². The lowest BCUT2D eigenvalue weighted by molar-refractivity contribution is -0.139. The Kier molecular flexibility index (Phi) is 5.06. The van der Waals surface area contributed by atoms with Gasteiger partial charge in [0.15, 0.2) is 6.61 Å². The monoisotopic (exact) mass is 305 g/mol. The Bertz CT molecular complexity index is 562. The van der Waals surface area contributed by atoms with Crippen LogP contribution in [0.15, 0.2) is 18.2 Å². The van der Waals surface area contributed by atoms with E-state index < -0.39 is 11.5 Å². The lowest BCUT2D eigenvalue weighted by Crippen LogP contribution is -2.49. The highest BCUT2D eigenvalue weighted by Crippen LogP contribution is 2.32. The van der Waals surface area contributed by atoms with E-state index in [1.165, 1.54) is 0 Å². The van der Waals surface area contributed by atoms with Crippen molar-refractivity contribution in [3.05, 3.63) is 29.3 Å². The number of carbonyl (C=O) groups excluding carboxylic acids is 1. The quantitative estimate of drug-likeness (QED) is 0.847. The molecule has 5 nitrogen and oxygen atoms in total. The van der Waals surface area contributed by atoms with Gasteiger partial charge in [-0.3, -0.25) is 9.59 Å². The molecule has 1 saturated carbocycles. The molecule has 0 spiro atoms. The van der Waals surface area contributed by atoms with Crippen molar-refractivity contribution in [2.45, 2.75) is 51.5 Å². The van der Waals surface area contributed by atoms with E-state index in [9.17, 15) is 9.59 Å². The fraction of sp³-hybridized carbons (Fsp3) is 0.529. The smallest absolute Gasteiger partial charge is 0.305 e. The van der Waals surface area contributed by atoms with E-state index in [1.807, 2.05) is 32.0 Å². The number of hydrogen-bond acceptors (Lipinski definition) is 3. The number of carboxylic acid groups (broad SMARTS) is 1. The van der Waals surface area contributed by atoms with Gasteiger partial charge in [0, 0.05) is 0 Å². The van der Waals surface area contributed by atoms with Gasteiger partial charge < -0.3 is 15.2 Å². The van der Waals surface area contributed by atoms with Crippen LogP contribution < -0.4 is 10.1 Å². The fourth-order valence-corrected chi connectivity index (χ4v) is 3.12. The van der Waals surface area contributed by atoms with E-state index in [2.05, 4.69) is 5.32 Å². The molecule has 120 valence electrons. The molecule has 0 bridgehead atoms. The molecule has 0 atom stereocenters. The maximum absolute atomic E-state index is 12.1. The van der Waals surface area contributed by atoms with Gasteiger partial charge in [-0.25, -0.2) is 0 Å². The zero-order valence-electron chi connectivity index (χ0n) is 13.1. The molecule has 0 aromatic heterocycles. The summed E-state index contributed by atoms with van der Waals surface area (Å²) in [5.41, 5.74) is 1.52. The van der Waals surface area contributed by atoms with Crippen molar-refractivity contribution in [2.24, 2.45) is 0 Å². The normalized spacial score (nSPS) is 16.3. The molecule has 1 aromatic rings. The molecule has 1 fully saturated rings. The van der Waals surface area contributed by atoms with Crippen molar-refractivity contribution in [2.75, 3.05) is 6.61 Å². The minimum absolute atomic E-state index is 0.0255. The van der Waals surface area contributed by atoms with Crippen LogP contribution in [-0.4, -0.2) is 29.1 Å². The van der Waals surface area contributed by atoms with Gasteiger partial charge >= 0.3 is 5.97 Å². The summed E-state index contributed by atoms with van der Waals surface area (Å²) in [6.45, 7) is 3.84. The second-order valence-electron chi connectivity index (χ2n) is 6.16. The highest BCUT2D eigenvalue weighted by Gasteiger charge is 2.37. The van der Waals surface area contributed by atoms with Crippen LogP contribution in [0.2, 0.25) is 0 Å². The molecular weight excluding hydrogens is 282 g/mol. The third-order valence-corrected chi connectivity index (χ3v) is 4.14. The Labute approximate surface area is 130 Å². The van der Waals surface area contributed by atoms with Crippen LogP contribution in [0.3, 0.4) is 0 Å². The summed E-state index contributed by atoms with van der Waals surface area (Å²) in [5.74, 6) is -0.458. The first kappa shape index (κ1) is 16.3. The van der Waals surface area contributed by atoms with Crippen molar-refractivity contribution in [1.82, 2.24) is 5.32 Å². The topological polar surface area (TPSA) is 75.6 Å². The van der Waals surface area contributed by atoms with Gasteiger partial charge in [0.2, 0.25) is 0 Å². The molecule has 2 N–H and O–H groups in total. The van der Waals surface area contributed by atoms with Crippen LogP contribution in [0, 0.1) is 13.8 Å². The molecule has 5 heteroatoms. The van der Waals surface area contributed by atoms with E-state index >= 15 is 0 Å². The lowest BCUT2D eigenvalue weighted by atomic mass is 9.93. The number of benzene rings is 1. The molecule has 0 radical (unpaired) electrons. The third kappa shape index (κ3) is 4.23. The van der Waals surface area contributed by atoms with E-state index in [1.54, 1.807) is 0 Å². The van der Waals surface area contributed by atoms with Crippen molar-refractivity contribution < 1.29 is 19.4 Å². The number of carboxylic acids is 1. The molecule has 1 aromatic carbocycles. The van der Waals surface area contributed by atoms with Crippen LogP contribution >= 0.6 is 0 Å². The van der Waals surface area contributed by atoms with Gasteiger partial charge in [0.25, 0.3) is 5.91 Å². The Morgan fingerprint density at radius 3 is 2.55 bits per heavy atom. The van der Waals surface area contributed by atoms with E-state index in [0.29, 0.717) is 18.6 Å². The van der Waals surface area contributed by atoms with E-state index in [0.717, 1.165) is 24.0 Å². The van der Waals surface area contributed by atoms with Gasteiger partial charge in [-0.2, -0.15) is 0 Å². The molecule has 1 amide bonds. The number of rotatable bonds is 6. The molecule has 0 aliphatic heterocycles. The van der Waals surface area contributed by atoms with Crippen LogP contribution in [0.25, 0.3) is 0 Å². The minimum atomic E-state index is -0.877. The van der Waals surface area contributed by atoms with E-state index in [4.69, 9.17) is 9.84 Å². The average Bonchev–Trinajstić information content (AvgIpc) is 2.84. The predicted octanol–water partition coefficient (Wildman–Crippen LogP) is 2.59. The standard InChI is InChI=1S/C17H23NO4/c1-12-5-6-14(13(2)9-12)22-11-15(19)18-17(10-16(20)21)7-3-4-8-17/h5-6,9H,3-4,7-8,10-11H2,1-2H3,(H,18,19)(H,20,21). The number of hydrogen-bond donors (Lipinski definition) is 2. The fourth-order valence-electron chi connectivity index (χ4n) is 3.12. The summed E-state index contributed by atoms with van der Waals surface area (Å²) in [4.78, 5) is 23.1. The summed E-state index contributed by atoms with van der Waals surface area (Å²) < 4.78 is 5.55. The zero-order chi connectivity index (χ0) is 16.2. The largest absolute Gasteiger partial charge is 0.484 e. The van der Waals surface area contributed by atoms with Crippen LogP contribution in [-0.2, 0) is 9.59 Å². The highest BCUT2D eigenvalue weighted by molar-refractivity contribution is 5.79. The Hall–Kier alpha value is -2.04. The van der Waals surface area contributed by atoms with Gasteiger partial charge in [-0.15, -0.1) is 0 Å². The average molecular weight is 305 g/mol. The number of aryl methyl sites for hydroxylation is 2. The summed E-state index contributed by atoms with van der Waals surface area (Å²) >= 11 is 0. The van der Waals surface area contributed by atoms with Crippen molar-refractivity contribution in [3.63, 3.8) is 0 Å². The SMILES string of the molecule is Cc1ccc(OCC(=O)NC2(CC(=O)O)CCCC2)c(C)c1. The maximum atomic E-state index is 12.1. The number of ether oxygens (including phenoxy) is 1. The van der Waals surface area contributed by atoms with Crippen LogP contribution in [0.1, 0.15) is 43.2 Å². The number of amides is 1. The number of nitrogens with one attached hydrogen (secondary N) is 1. The van der Waals surface area contributed by atoms with Gasteiger partial charge in [-0.1, -0.05) is 30.5 Å². The molecular formula is C17H23NO4. The van der Waals surface area contributed by atoms with Gasteiger partial charge in [0.1, 0.15) is 5.75 Å². The Morgan fingerprint density at radius 2 is 1.95 bits per heavy atom. The summed E-state index contributed by atoms with van der Waals surface area (Å²) in [7, 11) is 0. The lowest BCUT2D eigenvalue weighted by Gasteiger charge is -2.28. The summed E-state index contributed by atoms with van der Waals surface area (Å²) in [6.07, 6.45) is 3.31. The molecule has 0 saturated heterocycles. The first-order valence-corrected chi connectivity index (χ1v) is 7.63. The van der Waals surface area contributed by atoms with Crippen LogP contribution in [0.5, 0.6) is 5.75 Å². The minimum Gasteiger partial charge on any atom is -0.484 e. The second-order valence-corrected chi connectivity index (χ2v) is 6.16. The third-order valence-electron chi connectivity index (χ3n) is 4.14. The van der Waals surface area contributed by atoms with Gasteiger partial charge in [-0.05, 0) is 38.3 Å². The molecule has 22 heavy (non-hydrogen) atoms.